The van der Waals surface area contributed by atoms with Crippen molar-refractivity contribution in [1.82, 2.24) is 0 Å². The SMILES string of the molecule is COC(=O)CCOc1cc(C)c(Nc2ccc(Nc3c(C)cc(OCCO)cc3C)c3c2C(=O)C2=CC=CCC=C2C3=O)c(C)c1. The normalized spacial score (nSPS) is 13.6. The molecular formula is C37H38N2O7. The summed E-state index contributed by atoms with van der Waals surface area (Å²) in [7, 11) is 1.34. The smallest absolute Gasteiger partial charge is 0.308 e. The van der Waals surface area contributed by atoms with Crippen molar-refractivity contribution in [2.24, 2.45) is 0 Å². The number of rotatable bonds is 11. The second kappa shape index (κ2) is 13.9. The molecule has 2 aliphatic carbocycles. The molecule has 0 radical (unpaired) electrons. The van der Waals surface area contributed by atoms with Gasteiger partial charge in [-0.3, -0.25) is 14.4 Å². The van der Waals surface area contributed by atoms with Crippen molar-refractivity contribution in [3.05, 3.63) is 105 Å². The van der Waals surface area contributed by atoms with Gasteiger partial charge in [0.05, 0.1) is 49.2 Å². The Bertz CT molecular complexity index is 1770. The van der Waals surface area contributed by atoms with Crippen molar-refractivity contribution < 1.29 is 33.7 Å². The van der Waals surface area contributed by atoms with Gasteiger partial charge in [-0.05, 0) is 92.8 Å². The Morgan fingerprint density at radius 2 is 1.28 bits per heavy atom. The molecule has 3 N–H and O–H groups in total. The summed E-state index contributed by atoms with van der Waals surface area (Å²) in [5.74, 6) is 0.440. The molecule has 0 saturated heterocycles. The van der Waals surface area contributed by atoms with Crippen LogP contribution in [0.5, 0.6) is 11.5 Å². The molecule has 0 fully saturated rings. The number of Topliss-reactive ketones (excluding diaryl/α,β-unsaturated/α-hetero) is 2. The van der Waals surface area contributed by atoms with E-state index in [0.29, 0.717) is 51.6 Å². The number of aliphatic hydroxyl groups is 1. The molecule has 0 unspecified atom stereocenters. The van der Waals surface area contributed by atoms with Crippen LogP contribution in [-0.2, 0) is 9.53 Å². The molecule has 5 rings (SSSR count). The Kier molecular flexibility index (Phi) is 9.72. The van der Waals surface area contributed by atoms with E-state index in [0.717, 1.165) is 33.6 Å². The van der Waals surface area contributed by atoms with Crippen LogP contribution in [0.2, 0.25) is 0 Å². The lowest BCUT2D eigenvalue weighted by Gasteiger charge is -2.26. The maximum Gasteiger partial charge on any atom is 0.308 e. The van der Waals surface area contributed by atoms with Crippen molar-refractivity contribution >= 4 is 40.3 Å². The monoisotopic (exact) mass is 622 g/mol. The molecule has 0 heterocycles. The van der Waals surface area contributed by atoms with E-state index in [1.165, 1.54) is 7.11 Å². The van der Waals surface area contributed by atoms with Gasteiger partial charge in [0, 0.05) is 22.5 Å². The zero-order chi connectivity index (χ0) is 33.0. The van der Waals surface area contributed by atoms with Gasteiger partial charge >= 0.3 is 5.97 Å². The van der Waals surface area contributed by atoms with Gasteiger partial charge in [0.1, 0.15) is 18.1 Å². The minimum absolute atomic E-state index is 0.0867. The molecule has 0 spiro atoms. The molecule has 0 atom stereocenters. The molecule has 3 aromatic rings. The zero-order valence-electron chi connectivity index (χ0n) is 26.7. The molecule has 9 nitrogen and oxygen atoms in total. The second-order valence-corrected chi connectivity index (χ2v) is 11.3. The van der Waals surface area contributed by atoms with E-state index in [2.05, 4.69) is 15.4 Å². The molecular weight excluding hydrogens is 584 g/mol. The van der Waals surface area contributed by atoms with Crippen molar-refractivity contribution in [3.63, 3.8) is 0 Å². The molecule has 0 aromatic heterocycles. The summed E-state index contributed by atoms with van der Waals surface area (Å²) in [5.41, 5.74) is 7.48. The number of hydrogen-bond donors (Lipinski definition) is 3. The van der Waals surface area contributed by atoms with Gasteiger partial charge in [-0.15, -0.1) is 0 Å². The molecule has 0 bridgehead atoms. The maximum atomic E-state index is 14.2. The first-order valence-electron chi connectivity index (χ1n) is 15.2. The average Bonchev–Trinajstić information content (AvgIpc) is 3.29. The van der Waals surface area contributed by atoms with Crippen LogP contribution in [0, 0.1) is 27.7 Å². The van der Waals surface area contributed by atoms with E-state index in [-0.39, 0.29) is 43.8 Å². The average molecular weight is 623 g/mol. The van der Waals surface area contributed by atoms with E-state index in [4.69, 9.17) is 14.6 Å². The van der Waals surface area contributed by atoms with Crippen molar-refractivity contribution in [2.75, 3.05) is 37.6 Å². The van der Waals surface area contributed by atoms with E-state index in [9.17, 15) is 14.4 Å². The maximum absolute atomic E-state index is 14.2. The van der Waals surface area contributed by atoms with Gasteiger partial charge in [0.15, 0.2) is 11.6 Å². The number of ether oxygens (including phenoxy) is 3. The van der Waals surface area contributed by atoms with Crippen LogP contribution in [0.15, 0.2) is 71.8 Å². The number of ketones is 2. The summed E-state index contributed by atoms with van der Waals surface area (Å²) in [6, 6.07) is 11.1. The predicted octanol–water partition coefficient (Wildman–Crippen LogP) is 6.91. The molecule has 2 aliphatic rings. The van der Waals surface area contributed by atoms with E-state index < -0.39 is 0 Å². The zero-order valence-corrected chi connectivity index (χ0v) is 26.7. The van der Waals surface area contributed by atoms with Gasteiger partial charge in [-0.1, -0.05) is 24.3 Å². The fraction of sp³-hybridized carbons (Fsp3) is 0.270. The first-order valence-corrected chi connectivity index (χ1v) is 15.2. The van der Waals surface area contributed by atoms with Crippen LogP contribution in [0.4, 0.5) is 22.7 Å². The Hall–Kier alpha value is -5.15. The highest BCUT2D eigenvalue weighted by Gasteiger charge is 2.37. The summed E-state index contributed by atoms with van der Waals surface area (Å²) in [6.07, 6.45) is 7.92. The standard InChI is InChI=1S/C37H38N2O7/c1-21-17-25(45-15-13-31(41)44-5)18-22(2)34(21)38-29-11-12-30(39-35-23(3)19-26(20-24(35)4)46-16-14-40)33-32(29)36(42)27-9-7-6-8-10-28(27)37(33)43/h6-7,9-12,17-20,38-40H,8,13-16H2,1-5H3. The van der Waals surface area contributed by atoms with Crippen molar-refractivity contribution in [1.29, 1.82) is 0 Å². The molecule has 0 saturated carbocycles. The number of benzene rings is 3. The van der Waals surface area contributed by atoms with Crippen LogP contribution >= 0.6 is 0 Å². The van der Waals surface area contributed by atoms with Crippen LogP contribution in [-0.4, -0.2) is 49.6 Å². The topological polar surface area (TPSA) is 123 Å². The Morgan fingerprint density at radius 1 is 0.783 bits per heavy atom. The summed E-state index contributed by atoms with van der Waals surface area (Å²) < 4.78 is 16.1. The van der Waals surface area contributed by atoms with Crippen molar-refractivity contribution in [2.45, 2.75) is 40.5 Å². The van der Waals surface area contributed by atoms with Gasteiger partial charge in [0.25, 0.3) is 0 Å². The first-order chi connectivity index (χ1) is 22.1. The molecule has 0 aliphatic heterocycles. The van der Waals surface area contributed by atoms with E-state index >= 15 is 0 Å². The Morgan fingerprint density at radius 3 is 1.78 bits per heavy atom. The number of anilines is 4. The number of allylic oxidation sites excluding steroid dienone is 6. The lowest BCUT2D eigenvalue weighted by atomic mass is 9.80. The van der Waals surface area contributed by atoms with Crippen LogP contribution in [0.1, 0.15) is 55.8 Å². The van der Waals surface area contributed by atoms with Gasteiger partial charge in [-0.2, -0.15) is 0 Å². The lowest BCUT2D eigenvalue weighted by molar-refractivity contribution is -0.141. The number of fused-ring (bicyclic) bond motifs is 2. The third-order valence-corrected chi connectivity index (χ3v) is 7.99. The summed E-state index contributed by atoms with van der Waals surface area (Å²) in [5, 5.41) is 16.1. The van der Waals surface area contributed by atoms with Crippen molar-refractivity contribution in [3.8, 4) is 11.5 Å². The largest absolute Gasteiger partial charge is 0.493 e. The Labute approximate surface area is 268 Å². The van der Waals surface area contributed by atoms with E-state index in [1.54, 1.807) is 12.2 Å². The number of carbonyl (C=O) groups excluding carboxylic acids is 3. The fourth-order valence-electron chi connectivity index (χ4n) is 5.79. The molecule has 46 heavy (non-hydrogen) atoms. The molecule has 9 heteroatoms. The number of esters is 1. The molecule has 0 amide bonds. The number of nitrogens with one attached hydrogen (secondary N) is 2. The number of aliphatic hydroxyl groups excluding tert-OH is 1. The van der Waals surface area contributed by atoms with Crippen LogP contribution < -0.4 is 20.1 Å². The van der Waals surface area contributed by atoms with Gasteiger partial charge < -0.3 is 30.0 Å². The van der Waals surface area contributed by atoms with E-state index in [1.807, 2.05) is 76.2 Å². The molecule has 238 valence electrons. The van der Waals surface area contributed by atoms with Gasteiger partial charge in [-0.25, -0.2) is 0 Å². The minimum atomic E-state index is -0.347. The predicted molar refractivity (Wildman–Crippen MR) is 178 cm³/mol. The first kappa shape index (κ1) is 32.2. The third kappa shape index (κ3) is 6.60. The summed E-state index contributed by atoms with van der Waals surface area (Å²) in [4.78, 5) is 39.9. The highest BCUT2D eigenvalue weighted by molar-refractivity contribution is 6.34. The number of methoxy groups -OCH3 is 1. The summed E-state index contributed by atoms with van der Waals surface area (Å²) in [6.45, 7) is 8.02. The minimum Gasteiger partial charge on any atom is -0.493 e. The second-order valence-electron chi connectivity index (χ2n) is 11.3. The Balaban J connectivity index is 1.56. The fourth-order valence-corrected chi connectivity index (χ4v) is 5.79. The highest BCUT2D eigenvalue weighted by Crippen LogP contribution is 2.42. The number of hydrogen-bond acceptors (Lipinski definition) is 9. The highest BCUT2D eigenvalue weighted by atomic mass is 16.5. The summed E-state index contributed by atoms with van der Waals surface area (Å²) >= 11 is 0. The number of carbonyl (C=O) groups is 3. The van der Waals surface area contributed by atoms with Gasteiger partial charge in [0.2, 0.25) is 0 Å². The van der Waals surface area contributed by atoms with Crippen LogP contribution in [0.25, 0.3) is 0 Å². The number of aryl methyl sites for hydroxylation is 4. The third-order valence-electron chi connectivity index (χ3n) is 7.99. The van der Waals surface area contributed by atoms with Crippen LogP contribution in [0.3, 0.4) is 0 Å². The quantitative estimate of drug-likeness (QED) is 0.196. The molecule has 3 aromatic carbocycles. The lowest BCUT2D eigenvalue weighted by Crippen LogP contribution is -2.25.